The third kappa shape index (κ3) is 2.74. The largest absolute Gasteiger partial charge is 0.300 e. The lowest BCUT2D eigenvalue weighted by molar-refractivity contribution is 0.898. The maximum absolute atomic E-state index is 11.2. The van der Waals surface area contributed by atoms with Crippen molar-refractivity contribution < 1.29 is 0 Å². The Bertz CT molecular complexity index is 362. The zero-order valence-corrected chi connectivity index (χ0v) is 9.29. The van der Waals surface area contributed by atoms with Crippen molar-refractivity contribution in [1.82, 2.24) is 9.97 Å². The first-order chi connectivity index (χ1) is 6.00. The van der Waals surface area contributed by atoms with E-state index >= 15 is 0 Å². The van der Waals surface area contributed by atoms with Gasteiger partial charge in [0.25, 0.3) is 5.56 Å². The smallest absolute Gasteiger partial charge is 0.270 e. The van der Waals surface area contributed by atoms with Gasteiger partial charge in [-0.05, 0) is 6.92 Å². The van der Waals surface area contributed by atoms with Crippen LogP contribution in [0.1, 0.15) is 19.5 Å². The van der Waals surface area contributed by atoms with Gasteiger partial charge in [-0.3, -0.25) is 4.79 Å². The number of nitrogens with one attached hydrogen (secondary N) is 1. The summed E-state index contributed by atoms with van der Waals surface area (Å²) in [6.45, 7) is 5.80. The zero-order valence-electron chi connectivity index (χ0n) is 7.72. The quantitative estimate of drug-likeness (QED) is 0.612. The molecule has 0 unspecified atom stereocenters. The summed E-state index contributed by atoms with van der Waals surface area (Å²) in [4.78, 5) is 18.0. The van der Waals surface area contributed by atoms with Gasteiger partial charge in [-0.15, -0.1) is 0 Å². The third-order valence-corrected chi connectivity index (χ3v) is 2.69. The molecule has 0 saturated heterocycles. The molecule has 5 heteroatoms. The van der Waals surface area contributed by atoms with E-state index in [2.05, 4.69) is 9.97 Å². The van der Waals surface area contributed by atoms with Crippen LogP contribution in [0.5, 0.6) is 0 Å². The number of hydrogen-bond acceptors (Lipinski definition) is 3. The van der Waals surface area contributed by atoms with Crippen LogP contribution in [0.2, 0.25) is 5.02 Å². The summed E-state index contributed by atoms with van der Waals surface area (Å²) in [6, 6.07) is 0. The average molecular weight is 219 g/mol. The van der Waals surface area contributed by atoms with Crippen LogP contribution in [0.3, 0.4) is 0 Å². The van der Waals surface area contributed by atoms with E-state index < -0.39 is 0 Å². The highest BCUT2D eigenvalue weighted by Gasteiger charge is 2.06. The minimum Gasteiger partial charge on any atom is -0.300 e. The molecule has 0 atom stereocenters. The van der Waals surface area contributed by atoms with Gasteiger partial charge in [-0.2, -0.15) is 0 Å². The third-order valence-electron chi connectivity index (χ3n) is 1.35. The lowest BCUT2D eigenvalue weighted by atomic mass is 10.4. The molecular formula is C8H11ClN2OS. The molecule has 0 fully saturated rings. The molecule has 0 radical (unpaired) electrons. The van der Waals surface area contributed by atoms with Gasteiger partial charge in [0.05, 0.1) is 5.69 Å². The number of aromatic nitrogens is 2. The Kier molecular flexibility index (Phi) is 3.39. The second kappa shape index (κ2) is 4.15. The number of rotatable bonds is 2. The molecule has 0 spiro atoms. The molecule has 0 aromatic carbocycles. The van der Waals surface area contributed by atoms with E-state index in [4.69, 9.17) is 11.6 Å². The first kappa shape index (κ1) is 10.6. The molecule has 1 rings (SSSR count). The highest BCUT2D eigenvalue weighted by molar-refractivity contribution is 7.99. The van der Waals surface area contributed by atoms with Crippen LogP contribution in [-0.2, 0) is 0 Å². The molecule has 13 heavy (non-hydrogen) atoms. The average Bonchev–Trinajstić information content (AvgIpc) is 1.98. The number of hydrogen-bond donors (Lipinski definition) is 1. The van der Waals surface area contributed by atoms with Crippen molar-refractivity contribution in [3.05, 3.63) is 21.1 Å². The van der Waals surface area contributed by atoms with Crippen LogP contribution >= 0.6 is 23.4 Å². The lowest BCUT2D eigenvalue weighted by Gasteiger charge is -2.04. The van der Waals surface area contributed by atoms with Gasteiger partial charge in [0.15, 0.2) is 5.16 Å². The van der Waals surface area contributed by atoms with Crippen molar-refractivity contribution in [2.45, 2.75) is 31.2 Å². The Morgan fingerprint density at radius 1 is 1.54 bits per heavy atom. The summed E-state index contributed by atoms with van der Waals surface area (Å²) in [5.41, 5.74) is 0.311. The van der Waals surface area contributed by atoms with Crippen molar-refractivity contribution in [3.63, 3.8) is 0 Å². The SMILES string of the molecule is Cc1nc(SC(C)C)[nH]c(=O)c1Cl. The van der Waals surface area contributed by atoms with Gasteiger partial charge in [0, 0.05) is 5.25 Å². The first-order valence-corrected chi connectivity index (χ1v) is 5.19. The van der Waals surface area contributed by atoms with E-state index in [1.807, 2.05) is 13.8 Å². The second-order valence-electron chi connectivity index (χ2n) is 2.94. The predicted molar refractivity (Wildman–Crippen MR) is 55.6 cm³/mol. The molecule has 0 amide bonds. The summed E-state index contributed by atoms with van der Waals surface area (Å²) in [5, 5.41) is 1.19. The topological polar surface area (TPSA) is 45.8 Å². The second-order valence-corrected chi connectivity index (χ2v) is 4.88. The van der Waals surface area contributed by atoms with Crippen LogP contribution in [-0.4, -0.2) is 15.2 Å². The molecule has 1 aromatic rings. The summed E-state index contributed by atoms with van der Waals surface area (Å²) < 4.78 is 0. The summed E-state index contributed by atoms with van der Waals surface area (Å²) >= 11 is 7.18. The van der Waals surface area contributed by atoms with Gasteiger partial charge < -0.3 is 4.98 Å². The van der Waals surface area contributed by atoms with Crippen molar-refractivity contribution in [3.8, 4) is 0 Å². The number of halogens is 1. The fraction of sp³-hybridized carbons (Fsp3) is 0.500. The van der Waals surface area contributed by atoms with E-state index in [-0.39, 0.29) is 10.6 Å². The molecule has 0 saturated carbocycles. The number of aryl methyl sites for hydroxylation is 1. The molecule has 0 aliphatic carbocycles. The molecule has 0 aliphatic rings. The Balaban J connectivity index is 3.06. The Morgan fingerprint density at radius 3 is 2.62 bits per heavy atom. The van der Waals surface area contributed by atoms with Crippen molar-refractivity contribution in [1.29, 1.82) is 0 Å². The highest BCUT2D eigenvalue weighted by atomic mass is 35.5. The summed E-state index contributed by atoms with van der Waals surface area (Å²) in [7, 11) is 0. The van der Waals surface area contributed by atoms with Crippen molar-refractivity contribution >= 4 is 23.4 Å². The molecule has 0 aliphatic heterocycles. The van der Waals surface area contributed by atoms with Crippen LogP contribution < -0.4 is 5.56 Å². The van der Waals surface area contributed by atoms with Crippen LogP contribution in [0.4, 0.5) is 0 Å². The minimum absolute atomic E-state index is 0.174. The summed E-state index contributed by atoms with van der Waals surface area (Å²) in [6.07, 6.45) is 0. The van der Waals surface area contributed by atoms with E-state index in [0.717, 1.165) is 0 Å². The Labute approximate surface area is 85.9 Å². The standard InChI is InChI=1S/C8H11ClN2OS/c1-4(2)13-8-10-5(3)6(9)7(12)11-8/h4H,1-3H3,(H,10,11,12). The normalized spacial score (nSPS) is 10.8. The Morgan fingerprint density at radius 2 is 2.15 bits per heavy atom. The maximum atomic E-state index is 11.2. The molecule has 3 nitrogen and oxygen atoms in total. The predicted octanol–water partition coefficient (Wildman–Crippen LogP) is 2.23. The first-order valence-electron chi connectivity index (χ1n) is 3.93. The van der Waals surface area contributed by atoms with Gasteiger partial charge in [-0.25, -0.2) is 4.98 Å². The Hall–Kier alpha value is -0.480. The van der Waals surface area contributed by atoms with Crippen LogP contribution in [0, 0.1) is 6.92 Å². The van der Waals surface area contributed by atoms with E-state index in [1.54, 1.807) is 6.92 Å². The van der Waals surface area contributed by atoms with Gasteiger partial charge in [-0.1, -0.05) is 37.2 Å². The van der Waals surface area contributed by atoms with Gasteiger partial charge in [0.2, 0.25) is 0 Å². The summed E-state index contributed by atoms with van der Waals surface area (Å²) in [5.74, 6) is 0. The van der Waals surface area contributed by atoms with Crippen LogP contribution in [0.25, 0.3) is 0 Å². The number of aromatic amines is 1. The highest BCUT2D eigenvalue weighted by Crippen LogP contribution is 2.18. The number of H-pyrrole nitrogens is 1. The van der Waals surface area contributed by atoms with Gasteiger partial charge >= 0.3 is 0 Å². The number of thioether (sulfide) groups is 1. The van der Waals surface area contributed by atoms with Crippen LogP contribution in [0.15, 0.2) is 9.95 Å². The number of nitrogens with zero attached hydrogens (tertiary/aromatic N) is 1. The van der Waals surface area contributed by atoms with Crippen molar-refractivity contribution in [2.24, 2.45) is 0 Å². The monoisotopic (exact) mass is 218 g/mol. The van der Waals surface area contributed by atoms with Gasteiger partial charge in [0.1, 0.15) is 5.02 Å². The molecule has 0 bridgehead atoms. The fourth-order valence-corrected chi connectivity index (χ4v) is 1.70. The van der Waals surface area contributed by atoms with E-state index in [9.17, 15) is 4.79 Å². The molecular weight excluding hydrogens is 208 g/mol. The fourth-order valence-electron chi connectivity index (χ4n) is 0.825. The molecule has 1 aromatic heterocycles. The van der Waals surface area contributed by atoms with Crippen molar-refractivity contribution in [2.75, 3.05) is 0 Å². The maximum Gasteiger partial charge on any atom is 0.270 e. The molecule has 1 N–H and O–H groups in total. The molecule has 72 valence electrons. The zero-order chi connectivity index (χ0) is 10.0. The van der Waals surface area contributed by atoms with E-state index in [1.165, 1.54) is 11.8 Å². The lowest BCUT2D eigenvalue weighted by Crippen LogP contribution is -2.11. The minimum atomic E-state index is -0.266. The van der Waals surface area contributed by atoms with E-state index in [0.29, 0.717) is 16.1 Å². The molecule has 1 heterocycles.